The molecule has 3 heterocycles. The van der Waals surface area contributed by atoms with Crippen molar-refractivity contribution in [3.8, 4) is 0 Å². The summed E-state index contributed by atoms with van der Waals surface area (Å²) in [5.74, 6) is -0.179. The summed E-state index contributed by atoms with van der Waals surface area (Å²) in [6.45, 7) is 1.26. The molecule has 0 saturated carbocycles. The topological polar surface area (TPSA) is 63.7 Å². The minimum absolute atomic E-state index is 0.00491. The van der Waals surface area contributed by atoms with Gasteiger partial charge in [0.15, 0.2) is 9.84 Å². The lowest BCUT2D eigenvalue weighted by Crippen LogP contribution is -2.52. The minimum atomic E-state index is -3.34. The van der Waals surface area contributed by atoms with Crippen LogP contribution in [0, 0.1) is 2.88 Å². The van der Waals surface area contributed by atoms with Crippen LogP contribution in [0.5, 0.6) is 0 Å². The van der Waals surface area contributed by atoms with Crippen LogP contribution in [0.15, 0.2) is 11.0 Å². The molecular weight excluding hydrogens is 389 g/mol. The van der Waals surface area contributed by atoms with Gasteiger partial charge in [0.05, 0.1) is 32.8 Å². The van der Waals surface area contributed by atoms with Gasteiger partial charge in [-0.2, -0.15) is 0 Å². The standard InChI is InChI=1S/C10H10INO4S2/c11-8-3-7-9(17-8)10(13)12(6-4-16-5-6)1-2-18(7,14)15/h3,6H,1-2,4-5H2. The number of rotatable bonds is 1. The van der Waals surface area contributed by atoms with Gasteiger partial charge >= 0.3 is 0 Å². The van der Waals surface area contributed by atoms with Crippen LogP contribution >= 0.6 is 33.9 Å². The van der Waals surface area contributed by atoms with Gasteiger partial charge in [-0.25, -0.2) is 8.42 Å². The van der Waals surface area contributed by atoms with Crippen LogP contribution in [0.25, 0.3) is 0 Å². The van der Waals surface area contributed by atoms with Gasteiger partial charge in [0, 0.05) is 6.54 Å². The zero-order chi connectivity index (χ0) is 12.9. The molecule has 98 valence electrons. The zero-order valence-corrected chi connectivity index (χ0v) is 13.0. The molecule has 0 spiro atoms. The fourth-order valence-electron chi connectivity index (χ4n) is 2.04. The first-order valence-electron chi connectivity index (χ1n) is 5.40. The molecule has 1 amide bonds. The first kappa shape index (κ1) is 12.8. The third-order valence-corrected chi connectivity index (χ3v) is 6.85. The number of thiophene rings is 1. The average Bonchev–Trinajstić information content (AvgIpc) is 2.60. The van der Waals surface area contributed by atoms with Crippen molar-refractivity contribution in [2.24, 2.45) is 0 Å². The van der Waals surface area contributed by atoms with Crippen LogP contribution in [0.3, 0.4) is 0 Å². The average molecular weight is 399 g/mol. The van der Waals surface area contributed by atoms with Gasteiger partial charge in [-0.05, 0) is 28.7 Å². The monoisotopic (exact) mass is 399 g/mol. The quantitative estimate of drug-likeness (QED) is 0.661. The van der Waals surface area contributed by atoms with Crippen molar-refractivity contribution in [2.75, 3.05) is 25.5 Å². The van der Waals surface area contributed by atoms with E-state index < -0.39 is 9.84 Å². The van der Waals surface area contributed by atoms with E-state index in [1.165, 1.54) is 11.3 Å². The molecule has 0 radical (unpaired) electrons. The van der Waals surface area contributed by atoms with Crippen LogP contribution in [0.1, 0.15) is 9.67 Å². The van der Waals surface area contributed by atoms with Gasteiger partial charge in [0.2, 0.25) is 0 Å². The fraction of sp³-hybridized carbons (Fsp3) is 0.500. The molecule has 2 aliphatic rings. The molecule has 0 aromatic carbocycles. The number of ether oxygens (including phenoxy) is 1. The first-order valence-corrected chi connectivity index (χ1v) is 8.94. The van der Waals surface area contributed by atoms with Crippen LogP contribution in [-0.4, -0.2) is 50.8 Å². The summed E-state index contributed by atoms with van der Waals surface area (Å²) in [6, 6.07) is 1.62. The Labute approximate surface area is 122 Å². The Hall–Kier alpha value is -0.190. The first-order chi connectivity index (χ1) is 8.49. The van der Waals surface area contributed by atoms with E-state index in [4.69, 9.17) is 4.74 Å². The number of carbonyl (C=O) groups is 1. The van der Waals surface area contributed by atoms with Crippen molar-refractivity contribution < 1.29 is 17.9 Å². The van der Waals surface area contributed by atoms with Crippen molar-refractivity contribution >= 4 is 49.7 Å². The van der Waals surface area contributed by atoms with Gasteiger partial charge in [-0.1, -0.05) is 0 Å². The number of amides is 1. The van der Waals surface area contributed by atoms with Crippen LogP contribution in [0.2, 0.25) is 0 Å². The lowest BCUT2D eigenvalue weighted by Gasteiger charge is -2.36. The Balaban J connectivity index is 2.08. The molecule has 3 rings (SSSR count). The number of nitrogens with zero attached hydrogens (tertiary/aromatic N) is 1. The molecule has 0 unspecified atom stereocenters. The van der Waals surface area contributed by atoms with E-state index in [1.807, 2.05) is 22.6 Å². The number of halogens is 1. The molecule has 0 N–H and O–H groups in total. The molecule has 1 aromatic heterocycles. The maximum absolute atomic E-state index is 12.4. The molecule has 18 heavy (non-hydrogen) atoms. The second-order valence-electron chi connectivity index (χ2n) is 4.25. The number of sulfone groups is 1. The molecular formula is C10H10INO4S2. The van der Waals surface area contributed by atoms with Crippen molar-refractivity contribution in [3.63, 3.8) is 0 Å². The Bertz CT molecular complexity index is 605. The van der Waals surface area contributed by atoms with Crippen molar-refractivity contribution in [2.45, 2.75) is 10.9 Å². The second kappa shape index (κ2) is 4.43. The summed E-state index contributed by atoms with van der Waals surface area (Å²) in [7, 11) is -3.34. The smallest absolute Gasteiger partial charge is 0.265 e. The highest BCUT2D eigenvalue weighted by Crippen LogP contribution is 2.32. The maximum atomic E-state index is 12.4. The highest BCUT2D eigenvalue weighted by Gasteiger charge is 2.38. The number of carbonyl (C=O) groups excluding carboxylic acids is 1. The Morgan fingerprint density at radius 3 is 2.78 bits per heavy atom. The predicted molar refractivity (Wildman–Crippen MR) is 74.7 cm³/mol. The van der Waals surface area contributed by atoms with Gasteiger partial charge in [-0.3, -0.25) is 4.79 Å². The number of fused-ring (bicyclic) bond motifs is 1. The van der Waals surface area contributed by atoms with Crippen molar-refractivity contribution in [3.05, 3.63) is 13.8 Å². The molecule has 8 heteroatoms. The summed E-state index contributed by atoms with van der Waals surface area (Å²) in [5.41, 5.74) is 0. The summed E-state index contributed by atoms with van der Waals surface area (Å²) in [4.78, 5) is 14.6. The normalized spacial score (nSPS) is 23.4. The van der Waals surface area contributed by atoms with Gasteiger partial charge in [-0.15, -0.1) is 11.3 Å². The highest BCUT2D eigenvalue weighted by atomic mass is 127. The van der Waals surface area contributed by atoms with E-state index in [0.717, 1.165) is 2.88 Å². The van der Waals surface area contributed by atoms with E-state index in [0.29, 0.717) is 18.1 Å². The molecule has 1 saturated heterocycles. The molecule has 0 aliphatic carbocycles. The lowest BCUT2D eigenvalue weighted by molar-refractivity contribution is -0.0522. The molecule has 5 nitrogen and oxygen atoms in total. The SMILES string of the molecule is O=C1c2sc(I)cc2S(=O)(=O)CCN1C1COC1. The summed E-state index contributed by atoms with van der Waals surface area (Å²) in [5, 5.41) is 0. The van der Waals surface area contributed by atoms with Crippen LogP contribution < -0.4 is 0 Å². The second-order valence-corrected chi connectivity index (χ2v) is 9.28. The van der Waals surface area contributed by atoms with Crippen molar-refractivity contribution in [1.82, 2.24) is 4.90 Å². The summed E-state index contributed by atoms with van der Waals surface area (Å²) >= 11 is 3.29. The number of hydrogen-bond acceptors (Lipinski definition) is 5. The highest BCUT2D eigenvalue weighted by molar-refractivity contribution is 14.1. The van der Waals surface area contributed by atoms with E-state index in [-0.39, 0.29) is 29.1 Å². The van der Waals surface area contributed by atoms with E-state index in [2.05, 4.69) is 0 Å². The molecule has 0 atom stereocenters. The van der Waals surface area contributed by atoms with Crippen LogP contribution in [-0.2, 0) is 14.6 Å². The Morgan fingerprint density at radius 1 is 1.44 bits per heavy atom. The largest absolute Gasteiger partial charge is 0.377 e. The molecule has 1 fully saturated rings. The lowest BCUT2D eigenvalue weighted by atomic mass is 10.2. The van der Waals surface area contributed by atoms with Crippen LogP contribution in [0.4, 0.5) is 0 Å². The Morgan fingerprint density at radius 2 is 2.17 bits per heavy atom. The van der Waals surface area contributed by atoms with E-state index >= 15 is 0 Å². The molecule has 1 aromatic rings. The maximum Gasteiger partial charge on any atom is 0.265 e. The zero-order valence-electron chi connectivity index (χ0n) is 9.26. The van der Waals surface area contributed by atoms with E-state index in [9.17, 15) is 13.2 Å². The van der Waals surface area contributed by atoms with Gasteiger partial charge in [0.25, 0.3) is 5.91 Å². The summed E-state index contributed by atoms with van der Waals surface area (Å²) < 4.78 is 30.1. The van der Waals surface area contributed by atoms with E-state index in [1.54, 1.807) is 11.0 Å². The predicted octanol–water partition coefficient (Wildman–Crippen LogP) is 0.981. The van der Waals surface area contributed by atoms with Gasteiger partial charge < -0.3 is 9.64 Å². The Kier molecular flexibility index (Phi) is 3.15. The summed E-state index contributed by atoms with van der Waals surface area (Å²) in [6.07, 6.45) is 0. The molecule has 0 bridgehead atoms. The van der Waals surface area contributed by atoms with Gasteiger partial charge in [0.1, 0.15) is 4.88 Å². The fourth-order valence-corrected chi connectivity index (χ4v) is 5.86. The third-order valence-electron chi connectivity index (χ3n) is 3.12. The third kappa shape index (κ3) is 1.98. The number of hydrogen-bond donors (Lipinski definition) is 0. The molecule has 2 aliphatic heterocycles. The van der Waals surface area contributed by atoms with Crippen molar-refractivity contribution in [1.29, 1.82) is 0 Å². The minimum Gasteiger partial charge on any atom is -0.377 e.